The van der Waals surface area contributed by atoms with Gasteiger partial charge in [0.25, 0.3) is 5.91 Å². The fraction of sp³-hybridized carbons (Fsp3) is 0.375. The number of aryl methyl sites for hydroxylation is 2. The number of hydrogen-bond acceptors (Lipinski definition) is 4. The summed E-state index contributed by atoms with van der Waals surface area (Å²) in [7, 11) is 1.81. The van der Waals surface area contributed by atoms with Crippen LogP contribution in [0.5, 0.6) is 0 Å². The molecular formula is C16H17BrFN3OS. The summed E-state index contributed by atoms with van der Waals surface area (Å²) in [6.07, 6.45) is 4.53. The highest BCUT2D eigenvalue weighted by molar-refractivity contribution is 9.10. The van der Waals surface area contributed by atoms with E-state index in [4.69, 9.17) is 10.7 Å². The normalized spacial score (nSPS) is 13.7. The van der Waals surface area contributed by atoms with Crippen molar-refractivity contribution in [3.63, 3.8) is 0 Å². The number of amides is 1. The number of fused-ring (bicyclic) bond motifs is 1. The molecule has 1 heterocycles. The Morgan fingerprint density at radius 3 is 2.87 bits per heavy atom. The Hall–Kier alpha value is -1.47. The number of nitrogens with zero attached hydrogens (tertiary/aromatic N) is 2. The van der Waals surface area contributed by atoms with Gasteiger partial charge in [0.1, 0.15) is 10.8 Å². The number of halogens is 2. The molecule has 4 nitrogen and oxygen atoms in total. The van der Waals surface area contributed by atoms with Gasteiger partial charge < -0.3 is 10.6 Å². The summed E-state index contributed by atoms with van der Waals surface area (Å²) in [5, 5.41) is 0.982. The van der Waals surface area contributed by atoms with Gasteiger partial charge in [-0.25, -0.2) is 9.37 Å². The van der Waals surface area contributed by atoms with Crippen molar-refractivity contribution in [2.24, 2.45) is 5.73 Å². The summed E-state index contributed by atoms with van der Waals surface area (Å²) in [6, 6.07) is 2.95. The predicted octanol–water partition coefficient (Wildman–Crippen LogP) is 3.66. The second kappa shape index (κ2) is 6.57. The molecule has 0 fully saturated rings. The maximum atomic E-state index is 14.1. The lowest BCUT2D eigenvalue weighted by Crippen LogP contribution is -2.23. The van der Waals surface area contributed by atoms with E-state index in [-0.39, 0.29) is 5.56 Å². The van der Waals surface area contributed by atoms with Gasteiger partial charge in [-0.1, -0.05) is 15.9 Å². The number of thiazole rings is 1. The van der Waals surface area contributed by atoms with Crippen LogP contribution in [0.2, 0.25) is 0 Å². The zero-order valence-electron chi connectivity index (χ0n) is 12.7. The third-order valence-electron chi connectivity index (χ3n) is 3.95. The Morgan fingerprint density at radius 2 is 2.17 bits per heavy atom. The van der Waals surface area contributed by atoms with Gasteiger partial charge in [0.15, 0.2) is 0 Å². The second-order valence-corrected chi connectivity index (χ2v) is 7.77. The first-order valence-corrected chi connectivity index (χ1v) is 9.04. The van der Waals surface area contributed by atoms with Gasteiger partial charge in [0, 0.05) is 16.4 Å². The van der Waals surface area contributed by atoms with Gasteiger partial charge in [0.2, 0.25) is 0 Å². The Labute approximate surface area is 146 Å². The number of primary amides is 1. The van der Waals surface area contributed by atoms with Crippen molar-refractivity contribution >= 4 is 38.9 Å². The third-order valence-corrected chi connectivity index (χ3v) is 5.55. The van der Waals surface area contributed by atoms with E-state index in [1.807, 2.05) is 11.9 Å². The van der Waals surface area contributed by atoms with E-state index in [9.17, 15) is 9.18 Å². The number of benzene rings is 1. The minimum atomic E-state index is -0.768. The van der Waals surface area contributed by atoms with Crippen LogP contribution >= 0.6 is 27.3 Å². The van der Waals surface area contributed by atoms with E-state index < -0.39 is 11.7 Å². The fourth-order valence-electron chi connectivity index (χ4n) is 2.87. The van der Waals surface area contributed by atoms with Crippen LogP contribution in [0.15, 0.2) is 16.6 Å². The molecule has 1 aromatic carbocycles. The average molecular weight is 398 g/mol. The van der Waals surface area contributed by atoms with Gasteiger partial charge in [0.05, 0.1) is 23.5 Å². The lowest BCUT2D eigenvalue weighted by molar-refractivity contribution is 0.0997. The SMILES string of the molecule is CN(Cc1nc2c(s1)CCCC2)c1cc(Br)cc(F)c1C(N)=O. The highest BCUT2D eigenvalue weighted by Crippen LogP contribution is 2.31. The molecule has 0 saturated carbocycles. The lowest BCUT2D eigenvalue weighted by Gasteiger charge is -2.21. The Bertz CT molecular complexity index is 739. The molecule has 1 aromatic heterocycles. The van der Waals surface area contributed by atoms with Crippen LogP contribution in [0.25, 0.3) is 0 Å². The summed E-state index contributed by atoms with van der Waals surface area (Å²) in [4.78, 5) is 19.5. The van der Waals surface area contributed by atoms with Crippen molar-refractivity contribution in [3.8, 4) is 0 Å². The number of aromatic nitrogens is 1. The van der Waals surface area contributed by atoms with Gasteiger partial charge in [-0.05, 0) is 37.8 Å². The largest absolute Gasteiger partial charge is 0.367 e. The van der Waals surface area contributed by atoms with Crippen LogP contribution in [-0.2, 0) is 19.4 Å². The highest BCUT2D eigenvalue weighted by Gasteiger charge is 2.20. The van der Waals surface area contributed by atoms with Crippen LogP contribution in [0.4, 0.5) is 10.1 Å². The molecule has 0 unspecified atom stereocenters. The number of carbonyl (C=O) groups excluding carboxylic acids is 1. The Morgan fingerprint density at radius 1 is 1.43 bits per heavy atom. The first-order valence-electron chi connectivity index (χ1n) is 7.43. The maximum absolute atomic E-state index is 14.1. The van der Waals surface area contributed by atoms with E-state index >= 15 is 0 Å². The number of rotatable bonds is 4. The monoisotopic (exact) mass is 397 g/mol. The number of anilines is 1. The minimum Gasteiger partial charge on any atom is -0.367 e. The quantitative estimate of drug-likeness (QED) is 0.855. The van der Waals surface area contributed by atoms with Crippen molar-refractivity contribution in [2.45, 2.75) is 32.2 Å². The van der Waals surface area contributed by atoms with E-state index in [0.717, 1.165) is 17.8 Å². The van der Waals surface area contributed by atoms with Gasteiger partial charge in [-0.3, -0.25) is 4.79 Å². The molecule has 0 radical (unpaired) electrons. The first kappa shape index (κ1) is 16.4. The molecule has 3 rings (SSSR count). The summed E-state index contributed by atoms with van der Waals surface area (Å²) in [6.45, 7) is 0.522. The Balaban J connectivity index is 1.90. The molecule has 7 heteroatoms. The lowest BCUT2D eigenvalue weighted by atomic mass is 10.0. The molecule has 0 aliphatic heterocycles. The molecule has 1 aliphatic carbocycles. The van der Waals surface area contributed by atoms with E-state index in [1.54, 1.807) is 17.4 Å². The average Bonchev–Trinajstić information content (AvgIpc) is 2.87. The molecular weight excluding hydrogens is 381 g/mol. The van der Waals surface area contributed by atoms with Crippen LogP contribution in [0.3, 0.4) is 0 Å². The molecule has 2 N–H and O–H groups in total. The summed E-state index contributed by atoms with van der Waals surface area (Å²) in [5.74, 6) is -1.39. The fourth-order valence-corrected chi connectivity index (χ4v) is 4.49. The van der Waals surface area contributed by atoms with Crippen LogP contribution in [0, 0.1) is 5.82 Å². The van der Waals surface area contributed by atoms with E-state index in [1.165, 1.54) is 29.5 Å². The topological polar surface area (TPSA) is 59.2 Å². The van der Waals surface area contributed by atoms with Gasteiger partial charge >= 0.3 is 0 Å². The molecule has 0 spiro atoms. The zero-order chi connectivity index (χ0) is 16.6. The predicted molar refractivity (Wildman–Crippen MR) is 93.5 cm³/mol. The van der Waals surface area contributed by atoms with Crippen LogP contribution in [-0.4, -0.2) is 17.9 Å². The Kier molecular flexibility index (Phi) is 4.68. The third kappa shape index (κ3) is 3.40. The molecule has 1 aliphatic rings. The number of hydrogen-bond donors (Lipinski definition) is 1. The molecule has 0 atom stereocenters. The maximum Gasteiger partial charge on any atom is 0.253 e. The summed E-state index contributed by atoms with van der Waals surface area (Å²) >= 11 is 4.97. The van der Waals surface area contributed by atoms with E-state index in [0.29, 0.717) is 16.7 Å². The summed E-state index contributed by atoms with van der Waals surface area (Å²) in [5.41, 5.74) is 6.92. The number of nitrogens with two attached hydrogens (primary N) is 1. The standard InChI is InChI=1S/C16H17BrFN3OS/c1-21(8-14-20-11-4-2-3-5-13(11)23-14)12-7-9(17)6-10(18)15(12)16(19)22/h6-7H,2-5,8H2,1H3,(H2,19,22). The van der Waals surface area contributed by atoms with Crippen molar-refractivity contribution in [3.05, 3.63) is 43.6 Å². The van der Waals surface area contributed by atoms with Crippen molar-refractivity contribution in [2.75, 3.05) is 11.9 Å². The van der Waals surface area contributed by atoms with Gasteiger partial charge in [-0.2, -0.15) is 0 Å². The molecule has 0 saturated heterocycles. The molecule has 1 amide bonds. The van der Waals surface area contributed by atoms with Crippen molar-refractivity contribution < 1.29 is 9.18 Å². The minimum absolute atomic E-state index is 0.0861. The number of carbonyl (C=O) groups is 1. The van der Waals surface area contributed by atoms with Crippen LogP contribution in [0.1, 0.15) is 38.8 Å². The molecule has 122 valence electrons. The van der Waals surface area contributed by atoms with Crippen LogP contribution < -0.4 is 10.6 Å². The van der Waals surface area contributed by atoms with Gasteiger partial charge in [-0.15, -0.1) is 11.3 Å². The van der Waals surface area contributed by atoms with Crippen molar-refractivity contribution in [1.82, 2.24) is 4.98 Å². The molecule has 0 bridgehead atoms. The smallest absolute Gasteiger partial charge is 0.253 e. The molecule has 2 aromatic rings. The van der Waals surface area contributed by atoms with Crippen molar-refractivity contribution in [1.29, 1.82) is 0 Å². The highest BCUT2D eigenvalue weighted by atomic mass is 79.9. The second-order valence-electron chi connectivity index (χ2n) is 5.69. The van der Waals surface area contributed by atoms with E-state index in [2.05, 4.69) is 15.9 Å². The molecule has 23 heavy (non-hydrogen) atoms. The first-order chi connectivity index (χ1) is 11.0. The summed E-state index contributed by atoms with van der Waals surface area (Å²) < 4.78 is 14.6. The zero-order valence-corrected chi connectivity index (χ0v) is 15.1.